The van der Waals surface area contributed by atoms with Gasteiger partial charge in [0.05, 0.1) is 18.0 Å². The van der Waals surface area contributed by atoms with Crippen LogP contribution in [0.4, 0.5) is 17.1 Å². The number of hydrogen-bond donors (Lipinski definition) is 2. The van der Waals surface area contributed by atoms with Crippen molar-refractivity contribution < 1.29 is 23.9 Å². The summed E-state index contributed by atoms with van der Waals surface area (Å²) in [4.78, 5) is 51.2. The van der Waals surface area contributed by atoms with E-state index in [9.17, 15) is 19.2 Å². The number of hydrogen-bond acceptors (Lipinski definition) is 7. The highest BCUT2D eigenvalue weighted by molar-refractivity contribution is 6.23. The van der Waals surface area contributed by atoms with Crippen molar-refractivity contribution in [3.05, 3.63) is 83.4 Å². The Morgan fingerprint density at radius 3 is 2.34 bits per heavy atom. The van der Waals surface area contributed by atoms with Gasteiger partial charge in [0.2, 0.25) is 11.8 Å². The predicted octanol–water partition coefficient (Wildman–Crippen LogP) is 6.54. The minimum Gasteiger partial charge on any atom is -0.493 e. The molecule has 2 N–H and O–H groups in total. The van der Waals surface area contributed by atoms with Gasteiger partial charge in [0.15, 0.2) is 0 Å². The van der Waals surface area contributed by atoms with Crippen LogP contribution in [0.3, 0.4) is 0 Å². The molecule has 1 saturated heterocycles. The van der Waals surface area contributed by atoms with E-state index in [0.717, 1.165) is 12.2 Å². The SMILES string of the molecule is CC(COc1ccc(N=Nc2ccc(C(=O)Nc3cccc4c3CN(C3CCC(=O)NC3=O)C4=O)cc2)cc1)CC(C)(C)Cl. The van der Waals surface area contributed by atoms with E-state index in [1.54, 1.807) is 42.5 Å². The third-order valence-electron chi connectivity index (χ3n) is 7.45. The number of azo groups is 1. The normalized spacial score (nSPS) is 17.4. The summed E-state index contributed by atoms with van der Waals surface area (Å²) < 4.78 is 5.87. The molecule has 11 heteroatoms. The molecular formula is C33H34ClN5O5. The number of ether oxygens (including phenoxy) is 1. The van der Waals surface area contributed by atoms with Gasteiger partial charge < -0.3 is 15.0 Å². The summed E-state index contributed by atoms with van der Waals surface area (Å²) in [6.45, 7) is 6.83. The zero-order valence-corrected chi connectivity index (χ0v) is 25.6. The van der Waals surface area contributed by atoms with Crippen LogP contribution in [0.5, 0.6) is 5.75 Å². The van der Waals surface area contributed by atoms with Crippen molar-refractivity contribution in [3.63, 3.8) is 0 Å². The molecule has 228 valence electrons. The van der Waals surface area contributed by atoms with E-state index in [4.69, 9.17) is 16.3 Å². The van der Waals surface area contributed by atoms with Gasteiger partial charge in [-0.2, -0.15) is 10.2 Å². The molecule has 2 aliphatic rings. The number of nitrogens with one attached hydrogen (secondary N) is 2. The number of carbonyl (C=O) groups is 4. The van der Waals surface area contributed by atoms with Gasteiger partial charge in [-0.1, -0.05) is 13.0 Å². The lowest BCUT2D eigenvalue weighted by molar-refractivity contribution is -0.136. The van der Waals surface area contributed by atoms with Crippen LogP contribution in [0, 0.1) is 5.92 Å². The van der Waals surface area contributed by atoms with Crippen LogP contribution in [0.1, 0.15) is 66.3 Å². The van der Waals surface area contributed by atoms with Gasteiger partial charge >= 0.3 is 0 Å². The minimum absolute atomic E-state index is 0.162. The number of piperidine rings is 1. The van der Waals surface area contributed by atoms with Crippen molar-refractivity contribution >= 4 is 52.3 Å². The Morgan fingerprint density at radius 2 is 1.70 bits per heavy atom. The van der Waals surface area contributed by atoms with Crippen LogP contribution in [0.15, 0.2) is 77.0 Å². The van der Waals surface area contributed by atoms with Crippen molar-refractivity contribution in [2.45, 2.75) is 57.5 Å². The maximum atomic E-state index is 13.1. The standard InChI is InChI=1S/C33H34ClN5O5/c1-20(17-33(2,3)34)19-44-24-13-11-23(12-14-24)38-37-22-9-7-21(8-10-22)30(41)35-27-6-4-5-25-26(27)18-39(32(25)43)28-15-16-29(40)36-31(28)42/h4-14,20,28H,15-19H2,1-3H3,(H,35,41)(H,36,40,42). The fourth-order valence-electron chi connectivity index (χ4n) is 5.43. The Kier molecular flexibility index (Phi) is 9.10. The fourth-order valence-corrected chi connectivity index (χ4v) is 5.69. The highest BCUT2D eigenvalue weighted by Crippen LogP contribution is 2.33. The van der Waals surface area contributed by atoms with Gasteiger partial charge in [-0.3, -0.25) is 24.5 Å². The third kappa shape index (κ3) is 7.49. The summed E-state index contributed by atoms with van der Waals surface area (Å²) in [7, 11) is 0. The number of halogens is 1. The quantitative estimate of drug-likeness (QED) is 0.152. The Balaban J connectivity index is 1.17. The second-order valence-corrected chi connectivity index (χ2v) is 12.8. The molecule has 2 unspecified atom stereocenters. The summed E-state index contributed by atoms with van der Waals surface area (Å²) in [5.41, 5.74) is 3.18. The topological polar surface area (TPSA) is 130 Å². The predicted molar refractivity (Wildman–Crippen MR) is 167 cm³/mol. The Bertz CT molecular complexity index is 1600. The molecule has 0 spiro atoms. The van der Waals surface area contributed by atoms with Crippen LogP contribution >= 0.6 is 11.6 Å². The zero-order valence-electron chi connectivity index (χ0n) is 24.8. The van der Waals surface area contributed by atoms with E-state index in [2.05, 4.69) is 27.8 Å². The molecule has 10 nitrogen and oxygen atoms in total. The molecule has 0 bridgehead atoms. The summed E-state index contributed by atoms with van der Waals surface area (Å²) in [5, 5.41) is 13.7. The van der Waals surface area contributed by atoms with E-state index in [-0.39, 0.29) is 42.0 Å². The monoisotopic (exact) mass is 615 g/mol. The number of imide groups is 1. The second kappa shape index (κ2) is 13.0. The Labute approximate surface area is 260 Å². The average molecular weight is 616 g/mol. The molecular weight excluding hydrogens is 582 g/mol. The molecule has 2 heterocycles. The fraction of sp³-hybridized carbons (Fsp3) is 0.333. The molecule has 0 aliphatic carbocycles. The van der Waals surface area contributed by atoms with Crippen LogP contribution in [-0.2, 0) is 16.1 Å². The lowest BCUT2D eigenvalue weighted by Crippen LogP contribution is -2.52. The maximum Gasteiger partial charge on any atom is 0.255 e. The summed E-state index contributed by atoms with van der Waals surface area (Å²) >= 11 is 6.30. The zero-order chi connectivity index (χ0) is 31.4. The Morgan fingerprint density at radius 1 is 1.05 bits per heavy atom. The number of fused-ring (bicyclic) bond motifs is 1. The maximum absolute atomic E-state index is 13.1. The van der Waals surface area contributed by atoms with Crippen LogP contribution < -0.4 is 15.4 Å². The molecule has 2 aliphatic heterocycles. The lowest BCUT2D eigenvalue weighted by Gasteiger charge is -2.29. The first-order valence-corrected chi connectivity index (χ1v) is 14.9. The number of nitrogens with zero attached hydrogens (tertiary/aromatic N) is 3. The van der Waals surface area contributed by atoms with Crippen molar-refractivity contribution in [2.24, 2.45) is 16.1 Å². The van der Waals surface area contributed by atoms with Gasteiger partial charge in [-0.15, -0.1) is 11.6 Å². The van der Waals surface area contributed by atoms with E-state index < -0.39 is 11.9 Å². The molecule has 0 saturated carbocycles. The number of alkyl halides is 1. The second-order valence-electron chi connectivity index (χ2n) is 11.8. The molecule has 0 radical (unpaired) electrons. The minimum atomic E-state index is -0.730. The van der Waals surface area contributed by atoms with E-state index in [1.807, 2.05) is 38.1 Å². The number of anilines is 1. The first-order chi connectivity index (χ1) is 21.0. The van der Waals surface area contributed by atoms with Gasteiger partial charge in [0, 0.05) is 40.2 Å². The number of amides is 4. The first kappa shape index (κ1) is 30.9. The van der Waals surface area contributed by atoms with Gasteiger partial charge in [0.1, 0.15) is 11.8 Å². The molecule has 5 rings (SSSR count). The van der Waals surface area contributed by atoms with Crippen LogP contribution in [0.25, 0.3) is 0 Å². The van der Waals surface area contributed by atoms with Crippen LogP contribution in [-0.4, -0.2) is 46.1 Å². The Hall–Kier alpha value is -4.57. The molecule has 44 heavy (non-hydrogen) atoms. The molecule has 4 amide bonds. The summed E-state index contributed by atoms with van der Waals surface area (Å²) in [6.07, 6.45) is 1.29. The molecule has 3 aromatic carbocycles. The number of rotatable bonds is 10. The number of carbonyl (C=O) groups excluding carboxylic acids is 4. The van der Waals surface area contributed by atoms with Crippen molar-refractivity contribution in [1.29, 1.82) is 0 Å². The molecule has 0 aromatic heterocycles. The van der Waals surface area contributed by atoms with E-state index >= 15 is 0 Å². The van der Waals surface area contributed by atoms with E-state index in [0.29, 0.717) is 46.3 Å². The van der Waals surface area contributed by atoms with Gasteiger partial charge in [-0.25, -0.2) is 0 Å². The van der Waals surface area contributed by atoms with Gasteiger partial charge in [0.25, 0.3) is 11.8 Å². The van der Waals surface area contributed by atoms with Crippen molar-refractivity contribution in [3.8, 4) is 5.75 Å². The van der Waals surface area contributed by atoms with E-state index in [1.165, 1.54) is 4.90 Å². The highest BCUT2D eigenvalue weighted by atomic mass is 35.5. The molecule has 3 aromatic rings. The lowest BCUT2D eigenvalue weighted by atomic mass is 9.99. The molecule has 2 atom stereocenters. The van der Waals surface area contributed by atoms with Crippen LogP contribution in [0.2, 0.25) is 0 Å². The average Bonchev–Trinajstić information content (AvgIpc) is 3.31. The smallest absolute Gasteiger partial charge is 0.255 e. The van der Waals surface area contributed by atoms with Crippen molar-refractivity contribution in [1.82, 2.24) is 10.2 Å². The number of benzene rings is 3. The third-order valence-corrected chi connectivity index (χ3v) is 7.60. The summed E-state index contributed by atoms with van der Waals surface area (Å²) in [6, 6.07) is 18.4. The van der Waals surface area contributed by atoms with Crippen molar-refractivity contribution in [2.75, 3.05) is 11.9 Å². The van der Waals surface area contributed by atoms with Gasteiger partial charge in [-0.05, 0) is 93.3 Å². The first-order valence-electron chi connectivity index (χ1n) is 14.5. The highest BCUT2D eigenvalue weighted by Gasteiger charge is 2.40. The molecule has 1 fully saturated rings. The summed E-state index contributed by atoms with van der Waals surface area (Å²) in [5.74, 6) is -0.416. The largest absolute Gasteiger partial charge is 0.493 e.